The van der Waals surface area contributed by atoms with Crippen LogP contribution in [0.5, 0.6) is 92.0 Å². The summed E-state index contributed by atoms with van der Waals surface area (Å²) in [6, 6.07) is 66.0. The quantitative estimate of drug-likeness (QED) is 0.0422. The lowest BCUT2D eigenvalue weighted by Gasteiger charge is -2.31. The molecule has 0 N–H and O–H groups in total. The number of nitrogens with zero attached hydrogens (tertiary/aromatic N) is 8. The molecule has 10 aromatic rings. The molecule has 0 bridgehead atoms. The van der Waals surface area contributed by atoms with Gasteiger partial charge in [0, 0.05) is 58.9 Å². The van der Waals surface area contributed by atoms with Crippen molar-refractivity contribution >= 4 is 22.7 Å². The van der Waals surface area contributed by atoms with Gasteiger partial charge in [-0.2, -0.15) is 21.0 Å². The van der Waals surface area contributed by atoms with Crippen LogP contribution in [0.25, 0.3) is 0 Å². The monoisotopic (exact) mass is 1460 g/mol. The molecule has 0 radical (unpaired) electrons. The smallest absolute Gasteiger partial charge is 0.170 e. The molecule has 10 aromatic carbocycles. The maximum atomic E-state index is 11.2. The van der Waals surface area contributed by atoms with Gasteiger partial charge in [-0.05, 0) is 154 Å². The second-order valence-corrected chi connectivity index (χ2v) is 27.0. The van der Waals surface area contributed by atoms with E-state index in [2.05, 4.69) is 99.3 Å². The van der Waals surface area contributed by atoms with Crippen LogP contribution in [0, 0.1) is 144 Å². The lowest BCUT2D eigenvalue weighted by molar-refractivity contribution is 0.348. The number of rotatable bonds is 28. The lowest BCUT2D eigenvalue weighted by atomic mass is 9.72. The Morgan fingerprint density at radius 3 is 0.670 bits per heavy atom. The minimum absolute atomic E-state index is 0.0532. The first-order valence-electron chi connectivity index (χ1n) is 35.3. The van der Waals surface area contributed by atoms with E-state index in [0.29, 0.717) is 45.7 Å². The number of hydrogen-bond acceptors (Lipinski definition) is 16. The van der Waals surface area contributed by atoms with E-state index in [1.54, 1.807) is 146 Å². The average Bonchev–Trinajstić information content (AvgIpc) is 1.52. The highest BCUT2D eigenvalue weighted by molar-refractivity contribution is 5.70. The summed E-state index contributed by atoms with van der Waals surface area (Å²) in [4.78, 5) is 7.36. The van der Waals surface area contributed by atoms with Gasteiger partial charge in [0.05, 0.1) is 52.4 Å². The van der Waals surface area contributed by atoms with Gasteiger partial charge in [0.25, 0.3) is 0 Å². The third kappa shape index (κ3) is 15.7. The summed E-state index contributed by atoms with van der Waals surface area (Å²) in [5.41, 5.74) is 5.04. The predicted octanol–water partition coefficient (Wildman–Crippen LogP) is 19.3. The summed E-state index contributed by atoms with van der Waals surface area (Å²) in [5, 5.41) is 44.6. The second kappa shape index (κ2) is 33.8. The Bertz CT molecular complexity index is 5470. The largest absolute Gasteiger partial charge is 0.456 e. The molecule has 0 aliphatic heterocycles. The third-order valence-corrected chi connectivity index (χ3v) is 19.4. The molecule has 2 aliphatic rings. The minimum atomic E-state index is -0.762. The van der Waals surface area contributed by atoms with Crippen LogP contribution in [0.15, 0.2) is 194 Å². The van der Waals surface area contributed by atoms with Gasteiger partial charge >= 0.3 is 0 Å². The first kappa shape index (κ1) is 75.9. The van der Waals surface area contributed by atoms with Crippen LogP contribution in [-0.4, -0.2) is 52.4 Å². The third-order valence-electron chi connectivity index (χ3n) is 19.4. The maximum absolute atomic E-state index is 11.2. The highest BCUT2D eigenvalue weighted by Gasteiger charge is 2.59. The lowest BCUT2D eigenvalue weighted by Crippen LogP contribution is -2.25. The van der Waals surface area contributed by atoms with Crippen LogP contribution < -0.4 is 57.5 Å². The van der Waals surface area contributed by atoms with E-state index in [1.165, 1.54) is 0 Å². The van der Waals surface area contributed by atoms with E-state index in [0.717, 1.165) is 22.3 Å². The molecule has 0 saturated heterocycles. The van der Waals surface area contributed by atoms with Gasteiger partial charge in [-0.3, -0.25) is 0 Å². The van der Waals surface area contributed by atoms with Gasteiger partial charge in [-0.1, -0.05) is 124 Å². The summed E-state index contributed by atoms with van der Waals surface area (Å²) in [7, 11) is 0. The topological polar surface area (TPSA) is 182 Å². The number of fused-ring (bicyclic) bond motifs is 5. The Morgan fingerprint density at radius 1 is 0.268 bits per heavy atom. The molecule has 12 rings (SSSR count). The van der Waals surface area contributed by atoms with Crippen molar-refractivity contribution < 1.29 is 37.9 Å². The van der Waals surface area contributed by atoms with Crippen LogP contribution in [0.2, 0.25) is 0 Å². The fourth-order valence-electron chi connectivity index (χ4n) is 14.4. The van der Waals surface area contributed by atoms with Crippen molar-refractivity contribution in [2.75, 3.05) is 72.0 Å². The molecule has 0 saturated carbocycles. The number of anilines is 4. The summed E-state index contributed by atoms with van der Waals surface area (Å²) < 4.78 is 54.3. The molecule has 0 heterocycles. The Kier molecular flexibility index (Phi) is 22.9. The minimum Gasteiger partial charge on any atom is -0.456 e. The summed E-state index contributed by atoms with van der Waals surface area (Å²) >= 11 is 0. The molecule has 542 valence electrons. The molecule has 2 unspecified atom stereocenters. The van der Waals surface area contributed by atoms with E-state index >= 15 is 0 Å². The van der Waals surface area contributed by atoms with Gasteiger partial charge in [-0.25, -0.2) is 0 Å². The fourth-order valence-corrected chi connectivity index (χ4v) is 14.4. The van der Waals surface area contributed by atoms with Gasteiger partial charge in [0.15, 0.2) is 23.0 Å². The van der Waals surface area contributed by atoms with E-state index in [-0.39, 0.29) is 155 Å². The van der Waals surface area contributed by atoms with Gasteiger partial charge < -0.3 is 57.5 Å². The van der Waals surface area contributed by atoms with Crippen molar-refractivity contribution in [3.63, 3.8) is 0 Å². The zero-order chi connectivity index (χ0) is 79.1. The van der Waals surface area contributed by atoms with E-state index in [1.807, 2.05) is 68.1 Å². The number of hydrogen-bond donors (Lipinski definition) is 0. The molecular formula is C96H70N8O8. The van der Waals surface area contributed by atoms with Crippen LogP contribution in [0.4, 0.5) is 22.7 Å². The van der Waals surface area contributed by atoms with Crippen LogP contribution in [0.3, 0.4) is 0 Å². The SMILES string of the molecule is C#CCN(CC#C)c1cccc(Oc2cccc(Oc3cc4c(cc3Oc3cccc(Oc5cccc(N(CC#C)CC#C)c5)c3C#N)C(C)(C)C3c5cc(Oc6cccc(Oc7cccc(N(CC#C)CC#C)c7)c6C#N)c(Oc6cccc(Oc7cccc(N(CC#C)CC#C)c7)c6C#N)cc5C(C)(C)C43)c2C#N)c1. The van der Waals surface area contributed by atoms with Crippen LogP contribution >= 0.6 is 0 Å². The normalized spacial score (nSPS) is 13.1. The van der Waals surface area contributed by atoms with E-state index in [9.17, 15) is 21.0 Å². The number of nitriles is 4. The second-order valence-electron chi connectivity index (χ2n) is 27.0. The summed E-state index contributed by atoms with van der Waals surface area (Å²) in [6.45, 7) is 10.6. The molecule has 16 heteroatoms. The molecular weight excluding hydrogens is 1390 g/mol. The Labute approximate surface area is 654 Å². The molecule has 0 spiro atoms. The Morgan fingerprint density at radius 2 is 0.464 bits per heavy atom. The van der Waals surface area contributed by atoms with Crippen LogP contribution in [0.1, 0.15) is 84.0 Å². The van der Waals surface area contributed by atoms with Gasteiger partial charge in [0.1, 0.15) is 116 Å². The van der Waals surface area contributed by atoms with Crippen molar-refractivity contribution in [1.29, 1.82) is 21.0 Å². The molecule has 112 heavy (non-hydrogen) atoms. The fraction of sp³-hybridized carbons (Fsp3) is 0.167. The molecule has 16 nitrogen and oxygen atoms in total. The highest BCUT2D eigenvalue weighted by atomic mass is 16.5. The zero-order valence-corrected chi connectivity index (χ0v) is 61.7. The predicted molar refractivity (Wildman–Crippen MR) is 435 cm³/mol. The maximum Gasteiger partial charge on any atom is 0.170 e. The highest BCUT2D eigenvalue weighted by Crippen LogP contribution is 2.69. The molecule has 0 aromatic heterocycles. The standard InChI is InChI=1S/C96H70N8O8/c1-13-45-101(46-14-2)65-29-21-33-69(53-65)105-81-37-25-41-85(75(81)61-97)109-89-57-73-79(59-91(89)111-87-43-27-39-83(77(87)63-99)107-71-35-23-31-67(55-71)103(49-17-5)50-18-6)95(9,10)94-74-58-90(110-86-42-26-38-82(76(86)62-98)106-70-34-22-30-66(54-70)102(47-15-3)48-16-4)92(60-80(74)96(11,12)93(73)94)112-88-44-28-40-84(78(88)64-100)108-72-36-24-32-68(56-72)104(51-19-7)52-20-8/h1-8,21-44,53-60,93-94H,45-52H2,9-12H3. The molecule has 2 aliphatic carbocycles. The summed E-state index contributed by atoms with van der Waals surface area (Å²) in [5.74, 6) is 24.1. The van der Waals surface area contributed by atoms with Crippen molar-refractivity contribution in [3.8, 4) is 215 Å². The average molecular weight is 1460 g/mol. The first-order valence-corrected chi connectivity index (χ1v) is 35.3. The van der Waals surface area contributed by atoms with Gasteiger partial charge in [-0.15, -0.1) is 51.4 Å². The zero-order valence-electron chi connectivity index (χ0n) is 61.7. The van der Waals surface area contributed by atoms with Crippen molar-refractivity contribution in [1.82, 2.24) is 0 Å². The van der Waals surface area contributed by atoms with E-state index in [4.69, 9.17) is 89.3 Å². The Balaban J connectivity index is 0.990. The number of terminal acetylenes is 8. The number of ether oxygens (including phenoxy) is 8. The molecule has 0 fully saturated rings. The number of benzene rings is 10. The Hall–Kier alpha value is -15.8. The molecule has 0 amide bonds. The molecule has 2 atom stereocenters. The van der Waals surface area contributed by atoms with Crippen LogP contribution in [-0.2, 0) is 10.8 Å². The van der Waals surface area contributed by atoms with Crippen molar-refractivity contribution in [3.05, 3.63) is 239 Å². The van der Waals surface area contributed by atoms with Gasteiger partial charge in [0.2, 0.25) is 0 Å². The summed E-state index contributed by atoms with van der Waals surface area (Å²) in [6.07, 6.45) is 45.9. The van der Waals surface area contributed by atoms with Crippen molar-refractivity contribution in [2.24, 2.45) is 0 Å². The van der Waals surface area contributed by atoms with Crippen molar-refractivity contribution in [2.45, 2.75) is 50.4 Å². The first-order chi connectivity index (χ1) is 54.5. The van der Waals surface area contributed by atoms with E-state index < -0.39 is 10.8 Å².